The van der Waals surface area contributed by atoms with E-state index in [2.05, 4.69) is 21.7 Å². The van der Waals surface area contributed by atoms with Gasteiger partial charge in [0.25, 0.3) is 0 Å². The van der Waals surface area contributed by atoms with E-state index in [1.807, 2.05) is 56.7 Å². The van der Waals surface area contributed by atoms with Crippen molar-refractivity contribution in [2.75, 3.05) is 0 Å². The SMILES string of the molecule is Cc1ncc2c(oc3ccccc32)c1-c1cccc[n+]1C. The van der Waals surface area contributed by atoms with Crippen molar-refractivity contribution in [1.29, 1.82) is 0 Å². The summed E-state index contributed by atoms with van der Waals surface area (Å²) in [5, 5.41) is 2.18. The molecular weight excluding hydrogens is 260 g/mol. The maximum absolute atomic E-state index is 6.12. The highest BCUT2D eigenvalue weighted by Crippen LogP contribution is 2.35. The maximum Gasteiger partial charge on any atom is 0.217 e. The first-order chi connectivity index (χ1) is 10.3. The zero-order valence-corrected chi connectivity index (χ0v) is 12.0. The number of furan rings is 1. The summed E-state index contributed by atoms with van der Waals surface area (Å²) in [6.07, 6.45) is 3.94. The fourth-order valence-corrected chi connectivity index (χ4v) is 2.85. The highest BCUT2D eigenvalue weighted by Gasteiger charge is 2.20. The third-order valence-electron chi connectivity index (χ3n) is 3.92. The number of rotatable bonds is 1. The summed E-state index contributed by atoms with van der Waals surface area (Å²) in [5.74, 6) is 0. The van der Waals surface area contributed by atoms with Crippen LogP contribution in [0.3, 0.4) is 0 Å². The van der Waals surface area contributed by atoms with E-state index in [0.717, 1.165) is 38.9 Å². The van der Waals surface area contributed by atoms with Crippen LogP contribution in [-0.2, 0) is 7.05 Å². The Labute approximate surface area is 122 Å². The summed E-state index contributed by atoms with van der Waals surface area (Å²) in [6, 6.07) is 14.2. The van der Waals surface area contributed by atoms with Gasteiger partial charge in [-0.05, 0) is 19.1 Å². The van der Waals surface area contributed by atoms with Gasteiger partial charge in [-0.25, -0.2) is 4.57 Å². The van der Waals surface area contributed by atoms with Gasteiger partial charge in [-0.1, -0.05) is 18.2 Å². The Hall–Kier alpha value is -2.68. The molecule has 0 saturated heterocycles. The summed E-state index contributed by atoms with van der Waals surface area (Å²) in [6.45, 7) is 2.02. The van der Waals surface area contributed by atoms with Crippen LogP contribution >= 0.6 is 0 Å². The van der Waals surface area contributed by atoms with E-state index in [9.17, 15) is 0 Å². The molecule has 3 heterocycles. The topological polar surface area (TPSA) is 29.9 Å². The molecule has 3 heteroatoms. The van der Waals surface area contributed by atoms with Crippen molar-refractivity contribution >= 4 is 21.9 Å². The number of para-hydroxylation sites is 1. The smallest absolute Gasteiger partial charge is 0.217 e. The number of benzene rings is 1. The number of nitrogens with zero attached hydrogens (tertiary/aromatic N) is 2. The minimum absolute atomic E-state index is 0.903. The van der Waals surface area contributed by atoms with Gasteiger partial charge in [0.15, 0.2) is 11.8 Å². The Morgan fingerprint density at radius 2 is 1.81 bits per heavy atom. The molecule has 0 aliphatic heterocycles. The molecule has 0 atom stereocenters. The first kappa shape index (κ1) is 12.1. The summed E-state index contributed by atoms with van der Waals surface area (Å²) in [5.41, 5.74) is 4.95. The number of hydrogen-bond acceptors (Lipinski definition) is 2. The molecule has 0 aliphatic carbocycles. The minimum atomic E-state index is 0.903. The van der Waals surface area contributed by atoms with E-state index in [-0.39, 0.29) is 0 Å². The van der Waals surface area contributed by atoms with Gasteiger partial charge in [0.1, 0.15) is 18.2 Å². The van der Waals surface area contributed by atoms with Gasteiger partial charge in [0.2, 0.25) is 5.69 Å². The lowest BCUT2D eigenvalue weighted by atomic mass is 10.1. The predicted octanol–water partition coefficient (Wildman–Crippen LogP) is 3.78. The molecule has 3 nitrogen and oxygen atoms in total. The van der Waals surface area contributed by atoms with E-state index >= 15 is 0 Å². The molecule has 0 unspecified atom stereocenters. The zero-order chi connectivity index (χ0) is 14.4. The van der Waals surface area contributed by atoms with Crippen LogP contribution in [0.15, 0.2) is 59.3 Å². The number of hydrogen-bond donors (Lipinski definition) is 0. The van der Waals surface area contributed by atoms with Crippen LogP contribution in [0.4, 0.5) is 0 Å². The van der Waals surface area contributed by atoms with Crippen LogP contribution in [-0.4, -0.2) is 4.98 Å². The molecule has 3 aromatic heterocycles. The average molecular weight is 275 g/mol. The van der Waals surface area contributed by atoms with Crippen molar-refractivity contribution in [3.8, 4) is 11.3 Å². The molecular formula is C18H15N2O+. The lowest BCUT2D eigenvalue weighted by molar-refractivity contribution is -0.660. The quantitative estimate of drug-likeness (QED) is 0.495. The highest BCUT2D eigenvalue weighted by atomic mass is 16.3. The molecule has 4 rings (SSSR count). The van der Waals surface area contributed by atoms with Crippen molar-refractivity contribution in [1.82, 2.24) is 4.98 Å². The maximum atomic E-state index is 6.12. The third-order valence-corrected chi connectivity index (χ3v) is 3.92. The molecule has 0 fully saturated rings. The van der Waals surface area contributed by atoms with Crippen molar-refractivity contribution < 1.29 is 8.98 Å². The Bertz CT molecular complexity index is 969. The average Bonchev–Trinajstić information content (AvgIpc) is 2.87. The largest absolute Gasteiger partial charge is 0.455 e. The lowest BCUT2D eigenvalue weighted by Gasteiger charge is -2.04. The van der Waals surface area contributed by atoms with E-state index in [0.29, 0.717) is 0 Å². The molecule has 0 spiro atoms. The van der Waals surface area contributed by atoms with Gasteiger partial charge in [-0.3, -0.25) is 4.98 Å². The Kier molecular flexibility index (Phi) is 2.54. The summed E-state index contributed by atoms with van der Waals surface area (Å²) in [4.78, 5) is 4.57. The van der Waals surface area contributed by atoms with Crippen LogP contribution in [0, 0.1) is 6.92 Å². The van der Waals surface area contributed by atoms with Gasteiger partial charge >= 0.3 is 0 Å². The second-order valence-electron chi connectivity index (χ2n) is 5.26. The molecule has 1 aromatic carbocycles. The molecule has 0 aliphatic rings. The monoisotopic (exact) mass is 275 g/mol. The van der Waals surface area contributed by atoms with E-state index in [1.165, 1.54) is 0 Å². The second-order valence-corrected chi connectivity index (χ2v) is 5.26. The van der Waals surface area contributed by atoms with E-state index in [1.54, 1.807) is 0 Å². The molecule has 0 bridgehead atoms. The van der Waals surface area contributed by atoms with Crippen LogP contribution in [0.1, 0.15) is 5.69 Å². The predicted molar refractivity (Wildman–Crippen MR) is 82.9 cm³/mol. The number of aromatic nitrogens is 2. The first-order valence-electron chi connectivity index (χ1n) is 6.97. The standard InChI is InChI=1S/C18H15N2O/c1-12-17(15-8-5-6-10-20(15)2)18-14(11-19-12)13-7-3-4-9-16(13)21-18/h3-11H,1-2H3/q+1. The van der Waals surface area contributed by atoms with Crippen LogP contribution < -0.4 is 4.57 Å². The molecule has 102 valence electrons. The Morgan fingerprint density at radius 3 is 2.67 bits per heavy atom. The zero-order valence-electron chi connectivity index (χ0n) is 12.0. The molecule has 0 N–H and O–H groups in total. The minimum Gasteiger partial charge on any atom is -0.455 e. The Morgan fingerprint density at radius 1 is 1.00 bits per heavy atom. The first-order valence-corrected chi connectivity index (χ1v) is 6.97. The van der Waals surface area contributed by atoms with Crippen molar-refractivity contribution in [2.45, 2.75) is 6.92 Å². The van der Waals surface area contributed by atoms with Gasteiger partial charge in [-0.2, -0.15) is 0 Å². The molecule has 4 aromatic rings. The van der Waals surface area contributed by atoms with Crippen molar-refractivity contribution in [3.63, 3.8) is 0 Å². The third kappa shape index (κ3) is 1.74. The fourth-order valence-electron chi connectivity index (χ4n) is 2.85. The second kappa shape index (κ2) is 4.42. The Balaban J connectivity index is 2.18. The van der Waals surface area contributed by atoms with Crippen LogP contribution in [0.5, 0.6) is 0 Å². The van der Waals surface area contributed by atoms with Gasteiger partial charge in [0.05, 0.1) is 5.69 Å². The van der Waals surface area contributed by atoms with Crippen molar-refractivity contribution in [3.05, 3.63) is 60.6 Å². The van der Waals surface area contributed by atoms with E-state index < -0.39 is 0 Å². The molecule has 21 heavy (non-hydrogen) atoms. The van der Waals surface area contributed by atoms with Gasteiger partial charge < -0.3 is 4.42 Å². The summed E-state index contributed by atoms with van der Waals surface area (Å²) >= 11 is 0. The molecule has 0 radical (unpaired) electrons. The summed E-state index contributed by atoms with van der Waals surface area (Å²) < 4.78 is 8.21. The molecule has 0 saturated carbocycles. The van der Waals surface area contributed by atoms with Crippen molar-refractivity contribution in [2.24, 2.45) is 7.05 Å². The fraction of sp³-hybridized carbons (Fsp3) is 0.111. The highest BCUT2D eigenvalue weighted by molar-refractivity contribution is 6.08. The number of pyridine rings is 2. The lowest BCUT2D eigenvalue weighted by Crippen LogP contribution is -2.30. The molecule has 0 amide bonds. The van der Waals surface area contributed by atoms with Crippen LogP contribution in [0.2, 0.25) is 0 Å². The normalized spacial score (nSPS) is 11.3. The van der Waals surface area contributed by atoms with Gasteiger partial charge in [0, 0.05) is 29.1 Å². The van der Waals surface area contributed by atoms with Gasteiger partial charge in [-0.15, -0.1) is 0 Å². The number of fused-ring (bicyclic) bond motifs is 3. The number of aryl methyl sites for hydroxylation is 2. The summed E-state index contributed by atoms with van der Waals surface area (Å²) in [7, 11) is 2.04. The van der Waals surface area contributed by atoms with E-state index in [4.69, 9.17) is 4.42 Å². The van der Waals surface area contributed by atoms with Crippen LogP contribution in [0.25, 0.3) is 33.2 Å².